The van der Waals surface area contributed by atoms with E-state index in [9.17, 15) is 13.2 Å². The first kappa shape index (κ1) is 16.2. The second kappa shape index (κ2) is 5.91. The number of aryl methyl sites for hydroxylation is 1. The van der Waals surface area contributed by atoms with Gasteiger partial charge in [0.2, 0.25) is 0 Å². The molecule has 8 heteroatoms. The maximum atomic E-state index is 13.3. The zero-order valence-corrected chi connectivity index (χ0v) is 14.2. The van der Waals surface area contributed by atoms with Crippen LogP contribution < -0.4 is 0 Å². The molecule has 0 aliphatic carbocycles. The van der Waals surface area contributed by atoms with Crippen molar-refractivity contribution in [1.29, 1.82) is 0 Å². The molecule has 2 saturated heterocycles. The van der Waals surface area contributed by atoms with Crippen LogP contribution in [-0.2, 0) is 6.18 Å². The highest BCUT2D eigenvalue weighted by Gasteiger charge is 2.37. The second-order valence-corrected chi connectivity index (χ2v) is 7.68. The van der Waals surface area contributed by atoms with E-state index in [0.29, 0.717) is 17.4 Å². The highest BCUT2D eigenvalue weighted by Crippen LogP contribution is 2.38. The van der Waals surface area contributed by atoms with Crippen LogP contribution in [-0.4, -0.2) is 43.6 Å². The topological polar surface area (TPSA) is 33.4 Å². The van der Waals surface area contributed by atoms with Crippen LogP contribution in [0.2, 0.25) is 0 Å². The van der Waals surface area contributed by atoms with Crippen molar-refractivity contribution in [3.63, 3.8) is 0 Å². The molecule has 2 aromatic heterocycles. The van der Waals surface area contributed by atoms with Crippen LogP contribution in [0.15, 0.2) is 12.1 Å². The number of likely N-dealkylation sites (tertiary alicyclic amines) is 1. The summed E-state index contributed by atoms with van der Waals surface area (Å²) in [6.07, 6.45) is -1.27. The lowest BCUT2D eigenvalue weighted by Gasteiger charge is -2.28. The van der Waals surface area contributed by atoms with Gasteiger partial charge in [-0.1, -0.05) is 0 Å². The number of thioether (sulfide) groups is 1. The van der Waals surface area contributed by atoms with Gasteiger partial charge in [-0.3, -0.25) is 4.90 Å². The standard InChI is InChI=1S/C16H19F3N4S/c1-10-7-14(16(17,18)19)23-15(20-10)8-12(21-23)13-3-2-5-22(13)11-4-6-24-9-11/h7-8,11,13H,2-6,9H2,1H3/t11-,13-/m1/s1. The molecule has 0 spiro atoms. The van der Waals surface area contributed by atoms with Crippen LogP contribution in [0.4, 0.5) is 13.2 Å². The monoisotopic (exact) mass is 356 g/mol. The van der Waals surface area contributed by atoms with Gasteiger partial charge in [-0.25, -0.2) is 9.50 Å². The van der Waals surface area contributed by atoms with Crippen LogP contribution in [0.5, 0.6) is 0 Å². The van der Waals surface area contributed by atoms with Crippen LogP contribution in [0.1, 0.15) is 42.4 Å². The van der Waals surface area contributed by atoms with Crippen molar-refractivity contribution in [2.45, 2.75) is 44.4 Å². The Morgan fingerprint density at radius 3 is 2.79 bits per heavy atom. The fourth-order valence-electron chi connectivity index (χ4n) is 3.81. The number of aromatic nitrogens is 3. The summed E-state index contributed by atoms with van der Waals surface area (Å²) in [5.41, 5.74) is 0.604. The van der Waals surface area contributed by atoms with E-state index in [2.05, 4.69) is 15.0 Å². The van der Waals surface area contributed by atoms with Crippen molar-refractivity contribution in [3.05, 3.63) is 29.2 Å². The Labute approximate surface area is 142 Å². The fourth-order valence-corrected chi connectivity index (χ4v) is 5.05. The molecule has 0 unspecified atom stereocenters. The molecule has 130 valence electrons. The van der Waals surface area contributed by atoms with Gasteiger partial charge >= 0.3 is 6.18 Å². The molecule has 4 nitrogen and oxygen atoms in total. The Morgan fingerprint density at radius 1 is 1.25 bits per heavy atom. The molecule has 2 atom stereocenters. The number of hydrogen-bond donors (Lipinski definition) is 0. The van der Waals surface area contributed by atoms with Crippen molar-refractivity contribution < 1.29 is 13.2 Å². The van der Waals surface area contributed by atoms with Gasteiger partial charge in [-0.2, -0.15) is 30.0 Å². The predicted molar refractivity (Wildman–Crippen MR) is 87.1 cm³/mol. The van der Waals surface area contributed by atoms with Gasteiger partial charge in [-0.05, 0) is 44.6 Å². The molecule has 24 heavy (non-hydrogen) atoms. The Balaban J connectivity index is 1.74. The summed E-state index contributed by atoms with van der Waals surface area (Å²) in [5.74, 6) is 2.27. The molecule has 0 radical (unpaired) electrons. The van der Waals surface area contributed by atoms with Gasteiger partial charge in [0.05, 0.1) is 11.7 Å². The van der Waals surface area contributed by atoms with Crippen LogP contribution in [0.3, 0.4) is 0 Å². The van der Waals surface area contributed by atoms with E-state index in [1.807, 2.05) is 11.8 Å². The minimum Gasteiger partial charge on any atom is -0.291 e. The minimum absolute atomic E-state index is 0.108. The van der Waals surface area contributed by atoms with Crippen LogP contribution in [0.25, 0.3) is 5.65 Å². The van der Waals surface area contributed by atoms with E-state index in [-0.39, 0.29) is 11.7 Å². The summed E-state index contributed by atoms with van der Waals surface area (Å²) in [5, 5.41) is 4.31. The molecular formula is C16H19F3N4S. The third-order valence-electron chi connectivity index (χ3n) is 4.87. The number of hydrogen-bond acceptors (Lipinski definition) is 4. The maximum Gasteiger partial charge on any atom is 0.433 e. The Morgan fingerprint density at radius 2 is 2.08 bits per heavy atom. The third kappa shape index (κ3) is 2.79. The summed E-state index contributed by atoms with van der Waals surface area (Å²) in [6, 6.07) is 3.41. The molecule has 2 aliphatic rings. The molecule has 0 saturated carbocycles. The Kier molecular flexibility index (Phi) is 3.99. The van der Waals surface area contributed by atoms with E-state index >= 15 is 0 Å². The molecule has 0 bridgehead atoms. The lowest BCUT2D eigenvalue weighted by molar-refractivity contribution is -0.142. The number of fused-ring (bicyclic) bond motifs is 1. The van der Waals surface area contributed by atoms with Gasteiger partial charge in [0, 0.05) is 23.6 Å². The van der Waals surface area contributed by atoms with Crippen molar-refractivity contribution in [2.75, 3.05) is 18.1 Å². The first-order chi connectivity index (χ1) is 11.4. The minimum atomic E-state index is -4.44. The van der Waals surface area contributed by atoms with Crippen molar-refractivity contribution in [2.24, 2.45) is 0 Å². The van der Waals surface area contributed by atoms with E-state index in [1.54, 1.807) is 13.0 Å². The summed E-state index contributed by atoms with van der Waals surface area (Å²) in [4.78, 5) is 6.67. The highest BCUT2D eigenvalue weighted by atomic mass is 32.2. The molecular weight excluding hydrogens is 337 g/mol. The van der Waals surface area contributed by atoms with Gasteiger partial charge in [0.25, 0.3) is 0 Å². The quantitative estimate of drug-likeness (QED) is 0.822. The molecule has 0 amide bonds. The third-order valence-corrected chi connectivity index (χ3v) is 6.02. The Hall–Kier alpha value is -1.28. The van der Waals surface area contributed by atoms with Gasteiger partial charge in [0.1, 0.15) is 5.69 Å². The predicted octanol–water partition coefficient (Wildman–Crippen LogP) is 3.70. The number of alkyl halides is 3. The number of nitrogens with zero attached hydrogens (tertiary/aromatic N) is 4. The zero-order chi connectivity index (χ0) is 16.9. The SMILES string of the molecule is Cc1cc(C(F)(F)F)n2nc([C@H]3CCCN3[C@@H]3CCSC3)cc2n1. The van der Waals surface area contributed by atoms with Crippen molar-refractivity contribution in [1.82, 2.24) is 19.5 Å². The molecule has 4 heterocycles. The maximum absolute atomic E-state index is 13.3. The zero-order valence-electron chi connectivity index (χ0n) is 13.4. The van der Waals surface area contributed by atoms with Gasteiger partial charge in [-0.15, -0.1) is 0 Å². The van der Waals surface area contributed by atoms with Gasteiger partial charge in [0.15, 0.2) is 5.65 Å². The number of rotatable bonds is 2. The van der Waals surface area contributed by atoms with Crippen LogP contribution in [0, 0.1) is 6.92 Å². The first-order valence-corrected chi connectivity index (χ1v) is 9.37. The van der Waals surface area contributed by atoms with Crippen molar-refractivity contribution >= 4 is 17.4 Å². The van der Waals surface area contributed by atoms with E-state index in [0.717, 1.165) is 47.9 Å². The van der Waals surface area contributed by atoms with E-state index in [4.69, 9.17) is 0 Å². The first-order valence-electron chi connectivity index (χ1n) is 8.21. The molecule has 2 fully saturated rings. The molecule has 2 aliphatic heterocycles. The van der Waals surface area contributed by atoms with Gasteiger partial charge < -0.3 is 0 Å². The second-order valence-electron chi connectivity index (χ2n) is 6.53. The fraction of sp³-hybridized carbons (Fsp3) is 0.625. The summed E-state index contributed by atoms with van der Waals surface area (Å²) < 4.78 is 40.9. The molecule has 0 N–H and O–H groups in total. The molecule has 4 rings (SSSR count). The molecule has 0 aromatic carbocycles. The summed E-state index contributed by atoms with van der Waals surface area (Å²) in [6.45, 7) is 2.59. The summed E-state index contributed by atoms with van der Waals surface area (Å²) >= 11 is 1.95. The Bertz CT molecular complexity index is 752. The average molecular weight is 356 g/mol. The highest BCUT2D eigenvalue weighted by molar-refractivity contribution is 7.99. The average Bonchev–Trinajstić information content (AvgIpc) is 3.23. The number of halogens is 3. The van der Waals surface area contributed by atoms with E-state index in [1.165, 1.54) is 0 Å². The lowest BCUT2D eigenvalue weighted by Crippen LogP contribution is -2.34. The van der Waals surface area contributed by atoms with E-state index < -0.39 is 11.9 Å². The van der Waals surface area contributed by atoms with Crippen LogP contribution >= 0.6 is 11.8 Å². The largest absolute Gasteiger partial charge is 0.433 e. The smallest absolute Gasteiger partial charge is 0.291 e. The summed E-state index contributed by atoms with van der Waals surface area (Å²) in [7, 11) is 0. The normalized spacial score (nSPS) is 25.8. The molecule has 2 aromatic rings. The lowest BCUT2D eigenvalue weighted by atomic mass is 10.1. The van der Waals surface area contributed by atoms with Crippen molar-refractivity contribution in [3.8, 4) is 0 Å².